The summed E-state index contributed by atoms with van der Waals surface area (Å²) < 4.78 is 25.6. The molecule has 0 saturated carbocycles. The van der Waals surface area contributed by atoms with Gasteiger partial charge >= 0.3 is 0 Å². The molecule has 1 atom stereocenters. The highest BCUT2D eigenvalue weighted by atomic mass is 35.5. The van der Waals surface area contributed by atoms with E-state index >= 15 is 0 Å². The second kappa shape index (κ2) is 8.56. The first-order valence-corrected chi connectivity index (χ1v) is 10.5. The van der Waals surface area contributed by atoms with E-state index in [-0.39, 0.29) is 5.91 Å². The highest BCUT2D eigenvalue weighted by Crippen LogP contribution is 2.26. The first-order valence-electron chi connectivity index (χ1n) is 8.27. The third kappa shape index (κ3) is 5.22. The molecule has 0 aliphatic rings. The maximum atomic E-state index is 12.5. The van der Waals surface area contributed by atoms with Gasteiger partial charge < -0.3 is 5.32 Å². The van der Waals surface area contributed by atoms with E-state index in [1.54, 1.807) is 25.1 Å². The van der Waals surface area contributed by atoms with Crippen LogP contribution in [0.5, 0.6) is 0 Å². The molecule has 0 spiro atoms. The summed E-state index contributed by atoms with van der Waals surface area (Å²) in [4.78, 5) is 12.5. The number of benzene rings is 2. The van der Waals surface area contributed by atoms with Crippen molar-refractivity contribution in [3.8, 4) is 0 Å². The van der Waals surface area contributed by atoms with Crippen LogP contribution in [-0.4, -0.2) is 33.2 Å². The van der Waals surface area contributed by atoms with Crippen LogP contribution in [0, 0.1) is 6.92 Å². The molecule has 0 bridgehead atoms. The van der Waals surface area contributed by atoms with Crippen molar-refractivity contribution in [2.24, 2.45) is 0 Å². The zero-order valence-electron chi connectivity index (χ0n) is 15.1. The van der Waals surface area contributed by atoms with Crippen LogP contribution in [0.2, 0.25) is 5.02 Å². The Labute approximate surface area is 160 Å². The molecule has 0 aliphatic carbocycles. The summed E-state index contributed by atoms with van der Waals surface area (Å²) >= 11 is 6.12. The van der Waals surface area contributed by atoms with E-state index in [9.17, 15) is 13.2 Å². The molecule has 2 aromatic rings. The summed E-state index contributed by atoms with van der Waals surface area (Å²) in [5, 5.41) is 3.25. The fraction of sp³-hybridized carbons (Fsp3) is 0.316. The van der Waals surface area contributed by atoms with Crippen LogP contribution in [0.1, 0.15) is 18.1 Å². The van der Waals surface area contributed by atoms with Gasteiger partial charge in [-0.15, -0.1) is 0 Å². The van der Waals surface area contributed by atoms with E-state index in [2.05, 4.69) is 5.32 Å². The van der Waals surface area contributed by atoms with Crippen LogP contribution in [0.4, 0.5) is 5.69 Å². The van der Waals surface area contributed by atoms with Gasteiger partial charge in [-0.25, -0.2) is 8.42 Å². The number of anilines is 1. The van der Waals surface area contributed by atoms with Crippen LogP contribution >= 0.6 is 11.6 Å². The van der Waals surface area contributed by atoms with Crippen molar-refractivity contribution in [2.45, 2.75) is 26.3 Å². The quantitative estimate of drug-likeness (QED) is 0.784. The van der Waals surface area contributed by atoms with Crippen molar-refractivity contribution in [1.82, 2.24) is 5.32 Å². The average Bonchev–Trinajstić information content (AvgIpc) is 2.58. The Balaban J connectivity index is 2.12. The van der Waals surface area contributed by atoms with E-state index in [4.69, 9.17) is 11.6 Å². The minimum atomic E-state index is -3.66. The third-order valence-electron chi connectivity index (χ3n) is 4.05. The Morgan fingerprint density at radius 2 is 1.85 bits per heavy atom. The van der Waals surface area contributed by atoms with Crippen molar-refractivity contribution in [2.75, 3.05) is 17.1 Å². The first kappa shape index (κ1) is 20.3. The number of nitrogens with one attached hydrogen (secondary N) is 1. The van der Waals surface area contributed by atoms with Crippen molar-refractivity contribution in [1.29, 1.82) is 0 Å². The molecule has 5 nitrogen and oxygen atoms in total. The van der Waals surface area contributed by atoms with E-state index < -0.39 is 16.1 Å². The fourth-order valence-corrected chi connectivity index (χ4v) is 3.99. The summed E-state index contributed by atoms with van der Waals surface area (Å²) in [6, 6.07) is 13.8. The van der Waals surface area contributed by atoms with E-state index in [1.807, 2.05) is 37.3 Å². The lowest BCUT2D eigenvalue weighted by molar-refractivity contribution is -0.121. The molecule has 7 heteroatoms. The standard InChI is InChI=1S/C19H23ClN2O3S/c1-14-9-10-17(13-18(14)20)22(26(3,24)25)15(2)19(23)21-12-11-16-7-5-4-6-8-16/h4-10,13,15H,11-12H2,1-3H3,(H,21,23)/t15-/m0/s1. The van der Waals surface area contributed by atoms with Gasteiger partial charge in [0.25, 0.3) is 0 Å². The second-order valence-electron chi connectivity index (χ2n) is 6.19. The minimum absolute atomic E-state index is 0.358. The topological polar surface area (TPSA) is 66.5 Å². The molecule has 1 amide bonds. The molecule has 0 aromatic heterocycles. The smallest absolute Gasteiger partial charge is 0.243 e. The summed E-state index contributed by atoms with van der Waals surface area (Å²) in [7, 11) is -3.66. The SMILES string of the molecule is Cc1ccc(N([C@@H](C)C(=O)NCCc2ccccc2)S(C)(=O)=O)cc1Cl. The number of carbonyl (C=O) groups is 1. The van der Waals surface area contributed by atoms with Crippen LogP contribution in [-0.2, 0) is 21.2 Å². The molecule has 2 aromatic carbocycles. The number of rotatable bonds is 7. The molecule has 0 radical (unpaired) electrons. The Bertz CT molecular complexity index is 870. The molecule has 2 rings (SSSR count). The van der Waals surface area contributed by atoms with Crippen LogP contribution in [0.25, 0.3) is 0 Å². The van der Waals surface area contributed by atoms with Gasteiger partial charge in [0.05, 0.1) is 11.9 Å². The molecule has 0 aliphatic heterocycles. The Morgan fingerprint density at radius 1 is 1.19 bits per heavy atom. The number of amides is 1. The molecule has 1 N–H and O–H groups in total. The number of carbonyl (C=O) groups excluding carboxylic acids is 1. The summed E-state index contributed by atoms with van der Waals surface area (Å²) in [5.41, 5.74) is 2.31. The zero-order chi connectivity index (χ0) is 19.3. The monoisotopic (exact) mass is 394 g/mol. The van der Waals surface area contributed by atoms with E-state index in [1.165, 1.54) is 0 Å². The predicted octanol–water partition coefficient (Wildman–Crippen LogP) is 3.16. The van der Waals surface area contributed by atoms with Crippen molar-refractivity contribution < 1.29 is 13.2 Å². The predicted molar refractivity (Wildman–Crippen MR) is 106 cm³/mol. The van der Waals surface area contributed by atoms with Crippen molar-refractivity contribution in [3.63, 3.8) is 0 Å². The van der Waals surface area contributed by atoms with Crippen LogP contribution in [0.3, 0.4) is 0 Å². The summed E-state index contributed by atoms with van der Waals surface area (Å²) in [6.07, 6.45) is 1.75. The maximum Gasteiger partial charge on any atom is 0.243 e. The average molecular weight is 395 g/mol. The van der Waals surface area contributed by atoms with E-state index in [0.717, 1.165) is 21.7 Å². The lowest BCUT2D eigenvalue weighted by Crippen LogP contribution is -2.48. The fourth-order valence-electron chi connectivity index (χ4n) is 2.65. The molecule has 0 unspecified atom stereocenters. The lowest BCUT2D eigenvalue weighted by atomic mass is 10.1. The normalized spacial score (nSPS) is 12.5. The van der Waals surface area contributed by atoms with Crippen LogP contribution in [0.15, 0.2) is 48.5 Å². The molecular formula is C19H23ClN2O3S. The highest BCUT2D eigenvalue weighted by molar-refractivity contribution is 7.92. The van der Waals surface area contributed by atoms with Crippen molar-refractivity contribution in [3.05, 3.63) is 64.7 Å². The van der Waals surface area contributed by atoms with Gasteiger partial charge in [0.1, 0.15) is 6.04 Å². The molecule has 0 heterocycles. The molecule has 26 heavy (non-hydrogen) atoms. The Kier molecular flexibility index (Phi) is 6.67. The number of halogens is 1. The van der Waals surface area contributed by atoms with Gasteiger partial charge in [-0.2, -0.15) is 0 Å². The third-order valence-corrected chi connectivity index (χ3v) is 5.70. The van der Waals surface area contributed by atoms with Gasteiger partial charge in [0.2, 0.25) is 15.9 Å². The van der Waals surface area contributed by atoms with Crippen molar-refractivity contribution >= 4 is 33.2 Å². The largest absolute Gasteiger partial charge is 0.354 e. The molecular weight excluding hydrogens is 372 g/mol. The number of nitrogens with zero attached hydrogens (tertiary/aromatic N) is 1. The van der Waals surface area contributed by atoms with Gasteiger partial charge in [-0.3, -0.25) is 9.10 Å². The summed E-state index contributed by atoms with van der Waals surface area (Å²) in [5.74, 6) is -0.358. The Morgan fingerprint density at radius 3 is 2.42 bits per heavy atom. The number of hydrogen-bond acceptors (Lipinski definition) is 3. The lowest BCUT2D eigenvalue weighted by Gasteiger charge is -2.28. The molecule has 0 fully saturated rings. The maximum absolute atomic E-state index is 12.5. The van der Waals surface area contributed by atoms with Gasteiger partial charge in [0, 0.05) is 11.6 Å². The molecule has 140 valence electrons. The highest BCUT2D eigenvalue weighted by Gasteiger charge is 2.29. The summed E-state index contributed by atoms with van der Waals surface area (Å²) in [6.45, 7) is 3.82. The minimum Gasteiger partial charge on any atom is -0.354 e. The van der Waals surface area contributed by atoms with Gasteiger partial charge in [-0.1, -0.05) is 48.0 Å². The first-order chi connectivity index (χ1) is 12.2. The van der Waals surface area contributed by atoms with Gasteiger partial charge in [0.15, 0.2) is 0 Å². The second-order valence-corrected chi connectivity index (χ2v) is 8.46. The van der Waals surface area contributed by atoms with Gasteiger partial charge in [-0.05, 0) is 43.5 Å². The van der Waals surface area contributed by atoms with E-state index in [0.29, 0.717) is 23.7 Å². The number of sulfonamides is 1. The Hall–Kier alpha value is -2.05. The zero-order valence-corrected chi connectivity index (χ0v) is 16.6. The molecule has 0 saturated heterocycles. The number of aryl methyl sites for hydroxylation is 1. The van der Waals surface area contributed by atoms with Crippen LogP contribution < -0.4 is 9.62 Å². The number of hydrogen-bond donors (Lipinski definition) is 1.